The summed E-state index contributed by atoms with van der Waals surface area (Å²) in [6.45, 7) is 3.31. The summed E-state index contributed by atoms with van der Waals surface area (Å²) in [6.07, 6.45) is 2.17. The number of carbonyl (C=O) groups is 1. The van der Waals surface area contributed by atoms with Gasteiger partial charge in [-0.3, -0.25) is 4.79 Å². The molecule has 3 nitrogen and oxygen atoms in total. The smallest absolute Gasteiger partial charge is 0.251 e. The predicted octanol–water partition coefficient (Wildman–Crippen LogP) is 5.45. The summed E-state index contributed by atoms with van der Waals surface area (Å²) in [5, 5.41) is 2.98. The zero-order valence-electron chi connectivity index (χ0n) is 15.7. The van der Waals surface area contributed by atoms with Crippen LogP contribution in [0, 0.1) is 0 Å². The lowest BCUT2D eigenvalue weighted by atomic mass is 10.1. The molecule has 1 aliphatic rings. The molecule has 5 heteroatoms. The predicted molar refractivity (Wildman–Crippen MR) is 116 cm³/mol. The molecule has 0 aliphatic carbocycles. The van der Waals surface area contributed by atoms with Gasteiger partial charge in [0.1, 0.15) is 0 Å². The lowest BCUT2D eigenvalue weighted by Gasteiger charge is -2.21. The molecule has 1 aliphatic heterocycles. The Morgan fingerprint density at radius 2 is 1.81 bits per heavy atom. The first kappa shape index (κ1) is 20.3. The normalized spacial score (nSPS) is 16.0. The van der Waals surface area contributed by atoms with E-state index in [4.69, 9.17) is 4.74 Å². The van der Waals surface area contributed by atoms with Crippen LogP contribution in [-0.2, 0) is 4.74 Å². The van der Waals surface area contributed by atoms with Crippen molar-refractivity contribution in [3.63, 3.8) is 0 Å². The van der Waals surface area contributed by atoms with Crippen LogP contribution in [0.25, 0.3) is 0 Å². The van der Waals surface area contributed by atoms with E-state index in [9.17, 15) is 4.79 Å². The quantitative estimate of drug-likeness (QED) is 0.597. The van der Waals surface area contributed by atoms with Crippen LogP contribution >= 0.6 is 23.5 Å². The van der Waals surface area contributed by atoms with Gasteiger partial charge in [0.2, 0.25) is 0 Å². The van der Waals surface area contributed by atoms with Crippen molar-refractivity contribution in [2.75, 3.05) is 24.7 Å². The minimum Gasteiger partial charge on any atom is -0.374 e. The summed E-state index contributed by atoms with van der Waals surface area (Å²) in [6, 6.07) is 18.2. The van der Waals surface area contributed by atoms with Gasteiger partial charge >= 0.3 is 0 Å². The molecule has 1 N–H and O–H groups in total. The monoisotopic (exact) mass is 401 g/mol. The van der Waals surface area contributed by atoms with Crippen LogP contribution in [0.3, 0.4) is 0 Å². The molecule has 1 atom stereocenters. The molecule has 1 unspecified atom stereocenters. The average molecular weight is 402 g/mol. The Morgan fingerprint density at radius 3 is 2.52 bits per heavy atom. The molecule has 0 aromatic heterocycles. The topological polar surface area (TPSA) is 38.3 Å². The summed E-state index contributed by atoms with van der Waals surface area (Å²) < 4.78 is 6.36. The zero-order valence-corrected chi connectivity index (χ0v) is 17.4. The molecule has 0 saturated carbocycles. The van der Waals surface area contributed by atoms with Gasteiger partial charge in [-0.05, 0) is 54.5 Å². The number of hydrogen-bond donors (Lipinski definition) is 1. The van der Waals surface area contributed by atoms with E-state index in [0.29, 0.717) is 17.7 Å². The zero-order chi connectivity index (χ0) is 18.9. The van der Waals surface area contributed by atoms with Gasteiger partial charge in [-0.2, -0.15) is 0 Å². The highest BCUT2D eigenvalue weighted by molar-refractivity contribution is 8.16. The van der Waals surface area contributed by atoms with E-state index in [1.807, 2.05) is 53.9 Å². The Bertz CT molecular complexity index is 700. The van der Waals surface area contributed by atoms with Crippen molar-refractivity contribution >= 4 is 29.4 Å². The molecule has 0 radical (unpaired) electrons. The van der Waals surface area contributed by atoms with Gasteiger partial charge in [0, 0.05) is 18.7 Å². The van der Waals surface area contributed by atoms with Crippen LogP contribution in [0.5, 0.6) is 0 Å². The lowest BCUT2D eigenvalue weighted by molar-refractivity contribution is 0.0635. The first-order valence-corrected chi connectivity index (χ1v) is 11.6. The van der Waals surface area contributed by atoms with Gasteiger partial charge in [0.25, 0.3) is 5.91 Å². The highest BCUT2D eigenvalue weighted by atomic mass is 32.2. The first-order chi connectivity index (χ1) is 13.2. The Labute approximate surface area is 170 Å². The van der Waals surface area contributed by atoms with Gasteiger partial charge < -0.3 is 10.1 Å². The van der Waals surface area contributed by atoms with E-state index in [1.165, 1.54) is 29.1 Å². The molecule has 3 rings (SSSR count). The molecule has 1 amide bonds. The van der Waals surface area contributed by atoms with Crippen LogP contribution in [-0.4, -0.2) is 30.6 Å². The summed E-state index contributed by atoms with van der Waals surface area (Å²) >= 11 is 4.00. The highest BCUT2D eigenvalue weighted by Crippen LogP contribution is 2.43. The van der Waals surface area contributed by atoms with E-state index in [1.54, 1.807) is 0 Å². The molecule has 1 heterocycles. The minimum atomic E-state index is -0.0124. The van der Waals surface area contributed by atoms with Crippen LogP contribution in [0.2, 0.25) is 0 Å². The second-order valence-electron chi connectivity index (χ2n) is 6.58. The van der Waals surface area contributed by atoms with E-state index < -0.39 is 0 Å². The number of rotatable bonds is 8. The fraction of sp³-hybridized carbons (Fsp3) is 0.409. The highest BCUT2D eigenvalue weighted by Gasteiger charge is 2.16. The second-order valence-corrected chi connectivity index (χ2v) is 9.31. The van der Waals surface area contributed by atoms with Crippen molar-refractivity contribution < 1.29 is 9.53 Å². The third-order valence-corrected chi connectivity index (χ3v) is 7.53. The SMILES string of the molecule is CC(OCCCNC(=O)c1ccc(C2SCCCS2)cc1)c1ccccc1. The molecule has 0 bridgehead atoms. The van der Waals surface area contributed by atoms with Gasteiger partial charge in [0.05, 0.1) is 10.7 Å². The molecule has 2 aromatic carbocycles. The number of amides is 1. The Kier molecular flexibility index (Phi) is 8.11. The van der Waals surface area contributed by atoms with Crippen LogP contribution in [0.4, 0.5) is 0 Å². The molecule has 1 saturated heterocycles. The fourth-order valence-corrected chi connectivity index (χ4v) is 5.82. The number of thioether (sulfide) groups is 2. The van der Waals surface area contributed by atoms with E-state index in [0.717, 1.165) is 12.0 Å². The third kappa shape index (κ3) is 6.30. The molecular formula is C22H27NO2S2. The van der Waals surface area contributed by atoms with Crippen molar-refractivity contribution in [2.24, 2.45) is 0 Å². The first-order valence-electron chi connectivity index (χ1n) is 9.52. The maximum atomic E-state index is 12.3. The number of benzene rings is 2. The maximum Gasteiger partial charge on any atom is 0.251 e. The minimum absolute atomic E-state index is 0.0124. The van der Waals surface area contributed by atoms with Gasteiger partial charge in [-0.25, -0.2) is 0 Å². The molecule has 144 valence electrons. The van der Waals surface area contributed by atoms with Crippen molar-refractivity contribution in [1.29, 1.82) is 0 Å². The van der Waals surface area contributed by atoms with Crippen LogP contribution in [0.1, 0.15) is 51.9 Å². The van der Waals surface area contributed by atoms with Crippen LogP contribution < -0.4 is 5.32 Å². The van der Waals surface area contributed by atoms with Gasteiger partial charge in [-0.1, -0.05) is 42.5 Å². The van der Waals surface area contributed by atoms with Crippen molar-refractivity contribution in [3.05, 3.63) is 71.3 Å². The second kappa shape index (κ2) is 10.8. The molecule has 2 aromatic rings. The summed E-state index contributed by atoms with van der Waals surface area (Å²) in [5.74, 6) is 2.44. The number of nitrogens with one attached hydrogen (secondary N) is 1. The summed E-state index contributed by atoms with van der Waals surface area (Å²) in [7, 11) is 0. The lowest BCUT2D eigenvalue weighted by Crippen LogP contribution is -2.25. The standard InChI is InChI=1S/C22H27NO2S2/c1-17(18-7-3-2-4-8-18)25-14-5-13-23-21(24)19-9-11-20(12-10-19)22-26-15-6-16-27-22/h2-4,7-12,17,22H,5-6,13-16H2,1H3,(H,23,24). The fourth-order valence-electron chi connectivity index (χ4n) is 2.93. The molecular weight excluding hydrogens is 374 g/mol. The number of hydrogen-bond acceptors (Lipinski definition) is 4. The Hall–Kier alpha value is -1.43. The molecule has 1 fully saturated rings. The molecule has 27 heavy (non-hydrogen) atoms. The summed E-state index contributed by atoms with van der Waals surface area (Å²) in [4.78, 5) is 12.3. The van der Waals surface area contributed by atoms with E-state index in [-0.39, 0.29) is 12.0 Å². The Balaban J connectivity index is 1.36. The van der Waals surface area contributed by atoms with Crippen LogP contribution in [0.15, 0.2) is 54.6 Å². The molecule has 0 spiro atoms. The van der Waals surface area contributed by atoms with Gasteiger partial charge in [0.15, 0.2) is 0 Å². The van der Waals surface area contributed by atoms with Crippen molar-refractivity contribution in [3.8, 4) is 0 Å². The van der Waals surface area contributed by atoms with E-state index in [2.05, 4.69) is 36.5 Å². The number of ether oxygens (including phenoxy) is 1. The van der Waals surface area contributed by atoms with Crippen molar-refractivity contribution in [2.45, 2.75) is 30.5 Å². The largest absolute Gasteiger partial charge is 0.374 e. The van der Waals surface area contributed by atoms with Gasteiger partial charge in [-0.15, -0.1) is 23.5 Å². The summed E-state index contributed by atoms with van der Waals surface area (Å²) in [5.41, 5.74) is 3.21. The van der Waals surface area contributed by atoms with E-state index >= 15 is 0 Å². The average Bonchev–Trinajstić information content (AvgIpc) is 2.74. The Morgan fingerprint density at radius 1 is 1.11 bits per heavy atom. The maximum absolute atomic E-state index is 12.3. The van der Waals surface area contributed by atoms with Crippen molar-refractivity contribution in [1.82, 2.24) is 5.32 Å². The number of carbonyl (C=O) groups excluding carboxylic acids is 1. The third-order valence-electron chi connectivity index (χ3n) is 4.52.